The highest BCUT2D eigenvalue weighted by atomic mass is 35.5. The standard InChI is InChI=1S/C16H17ClF3NO4/c1-25-7-4-12(13(22)23)21-14(24)15(5-6-15)10-8-9(16(18,19)20)2-3-11(10)17/h2-3,8,12H,4-7H2,1H3,(H,21,24)(H,22,23). The average Bonchev–Trinajstić information content (AvgIpc) is 3.31. The number of carboxylic acid groups (broad SMARTS) is 1. The normalized spacial score (nSPS) is 17.0. The summed E-state index contributed by atoms with van der Waals surface area (Å²) in [6, 6.07) is 1.62. The number of amides is 1. The minimum atomic E-state index is -4.56. The van der Waals surface area contributed by atoms with Crippen LogP contribution in [0.15, 0.2) is 18.2 Å². The predicted molar refractivity (Wildman–Crippen MR) is 83.4 cm³/mol. The highest BCUT2D eigenvalue weighted by Gasteiger charge is 2.53. The Kier molecular flexibility index (Phi) is 5.63. The molecule has 1 unspecified atom stereocenters. The van der Waals surface area contributed by atoms with Crippen molar-refractivity contribution in [3.63, 3.8) is 0 Å². The van der Waals surface area contributed by atoms with Crippen LogP contribution in [0.4, 0.5) is 13.2 Å². The van der Waals surface area contributed by atoms with Crippen molar-refractivity contribution in [1.82, 2.24) is 5.32 Å². The summed E-state index contributed by atoms with van der Waals surface area (Å²) in [4.78, 5) is 23.8. The van der Waals surface area contributed by atoms with Gasteiger partial charge in [-0.2, -0.15) is 13.2 Å². The number of methoxy groups -OCH3 is 1. The van der Waals surface area contributed by atoms with Gasteiger partial charge in [-0.15, -0.1) is 0 Å². The van der Waals surface area contributed by atoms with Crippen LogP contribution >= 0.6 is 11.6 Å². The van der Waals surface area contributed by atoms with Gasteiger partial charge in [0.05, 0.1) is 11.0 Å². The Labute approximate surface area is 147 Å². The van der Waals surface area contributed by atoms with Gasteiger partial charge in [0.2, 0.25) is 5.91 Å². The van der Waals surface area contributed by atoms with Crippen molar-refractivity contribution in [1.29, 1.82) is 0 Å². The minimum absolute atomic E-state index is 0.0456. The maximum atomic E-state index is 12.9. The third-order valence-electron chi connectivity index (χ3n) is 4.21. The smallest absolute Gasteiger partial charge is 0.416 e. The van der Waals surface area contributed by atoms with Gasteiger partial charge in [-0.1, -0.05) is 11.6 Å². The van der Waals surface area contributed by atoms with E-state index in [1.165, 1.54) is 7.11 Å². The van der Waals surface area contributed by atoms with Crippen molar-refractivity contribution in [2.45, 2.75) is 36.9 Å². The number of carboxylic acids is 1. The van der Waals surface area contributed by atoms with Crippen molar-refractivity contribution in [3.05, 3.63) is 34.3 Å². The van der Waals surface area contributed by atoms with E-state index in [1.54, 1.807) is 0 Å². The molecule has 1 saturated carbocycles. The molecule has 9 heteroatoms. The third-order valence-corrected chi connectivity index (χ3v) is 4.54. The van der Waals surface area contributed by atoms with E-state index in [0.717, 1.165) is 18.2 Å². The topological polar surface area (TPSA) is 75.6 Å². The van der Waals surface area contributed by atoms with Crippen LogP contribution in [0.1, 0.15) is 30.4 Å². The van der Waals surface area contributed by atoms with Crippen LogP contribution in [0.3, 0.4) is 0 Å². The maximum absolute atomic E-state index is 12.9. The zero-order valence-corrected chi connectivity index (χ0v) is 14.1. The molecule has 0 saturated heterocycles. The van der Waals surface area contributed by atoms with Crippen molar-refractivity contribution in [2.75, 3.05) is 13.7 Å². The number of nitrogens with one attached hydrogen (secondary N) is 1. The number of rotatable bonds is 7. The molecule has 1 aliphatic carbocycles. The molecule has 5 nitrogen and oxygen atoms in total. The van der Waals surface area contributed by atoms with Crippen LogP contribution in [0.2, 0.25) is 5.02 Å². The first-order valence-corrected chi connectivity index (χ1v) is 7.89. The van der Waals surface area contributed by atoms with E-state index in [-0.39, 0.29) is 23.6 Å². The van der Waals surface area contributed by atoms with Crippen LogP contribution in [0.25, 0.3) is 0 Å². The molecule has 0 heterocycles. The summed E-state index contributed by atoms with van der Waals surface area (Å²) in [5, 5.41) is 11.6. The molecular formula is C16H17ClF3NO4. The molecule has 0 aromatic heterocycles. The van der Waals surface area contributed by atoms with Crippen molar-refractivity contribution >= 4 is 23.5 Å². The maximum Gasteiger partial charge on any atom is 0.416 e. The molecule has 138 valence electrons. The van der Waals surface area contributed by atoms with Crippen LogP contribution < -0.4 is 5.32 Å². The van der Waals surface area contributed by atoms with Gasteiger partial charge in [0.25, 0.3) is 0 Å². The van der Waals surface area contributed by atoms with Crippen LogP contribution in [0.5, 0.6) is 0 Å². The van der Waals surface area contributed by atoms with Crippen molar-refractivity contribution in [2.24, 2.45) is 0 Å². The number of ether oxygens (including phenoxy) is 1. The summed E-state index contributed by atoms with van der Waals surface area (Å²) >= 11 is 6.01. The predicted octanol–water partition coefficient (Wildman–Crippen LogP) is 3.00. The number of carbonyl (C=O) groups is 2. The summed E-state index contributed by atoms with van der Waals surface area (Å²) in [6.45, 7) is 0.120. The molecule has 1 atom stereocenters. The van der Waals surface area contributed by atoms with E-state index in [2.05, 4.69) is 5.32 Å². The lowest BCUT2D eigenvalue weighted by molar-refractivity contribution is -0.142. The number of hydrogen-bond donors (Lipinski definition) is 2. The van der Waals surface area contributed by atoms with E-state index in [4.69, 9.17) is 21.4 Å². The molecule has 25 heavy (non-hydrogen) atoms. The van der Waals surface area contributed by atoms with E-state index in [1.807, 2.05) is 0 Å². The monoisotopic (exact) mass is 379 g/mol. The molecule has 2 N–H and O–H groups in total. The van der Waals surface area contributed by atoms with E-state index in [0.29, 0.717) is 12.8 Å². The molecule has 1 fully saturated rings. The minimum Gasteiger partial charge on any atom is -0.480 e. The molecule has 1 amide bonds. The fraction of sp³-hybridized carbons (Fsp3) is 0.500. The van der Waals surface area contributed by atoms with Crippen molar-refractivity contribution in [3.8, 4) is 0 Å². The van der Waals surface area contributed by atoms with E-state index >= 15 is 0 Å². The third kappa shape index (κ3) is 4.24. The largest absolute Gasteiger partial charge is 0.480 e. The van der Waals surface area contributed by atoms with Gasteiger partial charge in [0.1, 0.15) is 6.04 Å². The Morgan fingerprint density at radius 1 is 1.40 bits per heavy atom. The second-order valence-corrected chi connectivity index (χ2v) is 6.33. The molecule has 1 aromatic carbocycles. The highest BCUT2D eigenvalue weighted by Crippen LogP contribution is 2.51. The summed E-state index contributed by atoms with van der Waals surface area (Å²) in [5.41, 5.74) is -2.06. The fourth-order valence-corrected chi connectivity index (χ4v) is 2.90. The van der Waals surface area contributed by atoms with Gasteiger partial charge < -0.3 is 15.2 Å². The lowest BCUT2D eigenvalue weighted by Gasteiger charge is -2.21. The first kappa shape index (κ1) is 19.5. The van der Waals surface area contributed by atoms with Gasteiger partial charge >= 0.3 is 12.1 Å². The molecule has 1 aliphatic rings. The molecule has 0 bridgehead atoms. The molecule has 0 radical (unpaired) electrons. The SMILES string of the molecule is COCCC(NC(=O)C1(c2cc(C(F)(F)F)ccc2Cl)CC1)C(=O)O. The van der Waals surface area contributed by atoms with Gasteiger partial charge in [0, 0.05) is 25.2 Å². The lowest BCUT2D eigenvalue weighted by atomic mass is 9.92. The number of alkyl halides is 3. The van der Waals surface area contributed by atoms with Crippen LogP contribution in [-0.2, 0) is 25.9 Å². The lowest BCUT2D eigenvalue weighted by Crippen LogP contribution is -2.46. The zero-order valence-electron chi connectivity index (χ0n) is 13.3. The Hall–Kier alpha value is -1.80. The quantitative estimate of drug-likeness (QED) is 0.763. The van der Waals surface area contributed by atoms with Crippen molar-refractivity contribution < 1.29 is 32.6 Å². The van der Waals surface area contributed by atoms with Gasteiger partial charge in [-0.3, -0.25) is 4.79 Å². The summed E-state index contributed by atoms with van der Waals surface area (Å²) in [6.07, 6.45) is -3.91. The van der Waals surface area contributed by atoms with Gasteiger partial charge in [-0.25, -0.2) is 4.79 Å². The molecule has 0 aliphatic heterocycles. The summed E-state index contributed by atoms with van der Waals surface area (Å²) < 4.78 is 43.6. The number of carbonyl (C=O) groups excluding carboxylic acids is 1. The molecule has 2 rings (SSSR count). The second-order valence-electron chi connectivity index (χ2n) is 5.92. The Bertz CT molecular complexity index is 674. The highest BCUT2D eigenvalue weighted by molar-refractivity contribution is 6.32. The first-order valence-electron chi connectivity index (χ1n) is 7.52. The Morgan fingerprint density at radius 2 is 2.04 bits per heavy atom. The zero-order chi connectivity index (χ0) is 18.8. The first-order chi connectivity index (χ1) is 11.6. The van der Waals surface area contributed by atoms with Gasteiger partial charge in [0.15, 0.2) is 0 Å². The van der Waals surface area contributed by atoms with Gasteiger partial charge in [-0.05, 0) is 36.6 Å². The number of halogens is 4. The van der Waals surface area contributed by atoms with Crippen LogP contribution in [-0.4, -0.2) is 36.7 Å². The summed E-state index contributed by atoms with van der Waals surface area (Å²) in [5.74, 6) is -1.88. The van der Waals surface area contributed by atoms with Crippen LogP contribution in [0, 0.1) is 0 Å². The average molecular weight is 380 g/mol. The van der Waals surface area contributed by atoms with E-state index < -0.39 is 35.1 Å². The Balaban J connectivity index is 2.27. The number of aliphatic carboxylic acids is 1. The molecule has 1 aromatic rings. The number of hydrogen-bond acceptors (Lipinski definition) is 3. The Morgan fingerprint density at radius 3 is 2.52 bits per heavy atom. The molecule has 0 spiro atoms. The second kappa shape index (κ2) is 7.21. The van der Waals surface area contributed by atoms with E-state index in [9.17, 15) is 22.8 Å². The molecular weight excluding hydrogens is 363 g/mol. The summed E-state index contributed by atoms with van der Waals surface area (Å²) in [7, 11) is 1.39. The number of benzene rings is 1. The fourth-order valence-electron chi connectivity index (χ4n) is 2.60.